The zero-order valence-corrected chi connectivity index (χ0v) is 9.88. The molecule has 0 amide bonds. The summed E-state index contributed by atoms with van der Waals surface area (Å²) < 4.78 is 22.1. The van der Waals surface area contributed by atoms with Crippen LogP contribution < -0.4 is 0 Å². The Morgan fingerprint density at radius 3 is 2.64 bits per heavy atom. The van der Waals surface area contributed by atoms with Gasteiger partial charge in [0.05, 0.1) is 4.88 Å². The molecule has 2 aromatic rings. The van der Waals surface area contributed by atoms with Gasteiger partial charge < -0.3 is 0 Å². The molecule has 0 spiro atoms. The molecule has 0 atom stereocenters. The lowest BCUT2D eigenvalue weighted by atomic mass is 10.5. The molecule has 0 saturated heterocycles. The SMILES string of the molecule is O=S(=O)(Cl)c1ccc(-c2nccs2)s1. The van der Waals surface area contributed by atoms with Crippen molar-refractivity contribution >= 4 is 42.4 Å². The number of thiophene rings is 1. The van der Waals surface area contributed by atoms with Crippen LogP contribution in [-0.4, -0.2) is 13.4 Å². The molecule has 7 heteroatoms. The Balaban J connectivity index is 2.46. The molecular formula is C7H4ClNO2S3. The van der Waals surface area contributed by atoms with Gasteiger partial charge >= 0.3 is 0 Å². The molecule has 0 aromatic carbocycles. The molecule has 0 bridgehead atoms. The maximum absolute atomic E-state index is 11.0. The number of rotatable bonds is 2. The van der Waals surface area contributed by atoms with Crippen LogP contribution in [0, 0.1) is 0 Å². The fourth-order valence-corrected chi connectivity index (χ4v) is 3.70. The van der Waals surface area contributed by atoms with E-state index in [1.807, 2.05) is 5.38 Å². The van der Waals surface area contributed by atoms with Crippen LogP contribution in [0.1, 0.15) is 0 Å². The van der Waals surface area contributed by atoms with Gasteiger partial charge in [-0.2, -0.15) is 0 Å². The summed E-state index contributed by atoms with van der Waals surface area (Å²) in [4.78, 5) is 4.89. The zero-order chi connectivity index (χ0) is 10.2. The van der Waals surface area contributed by atoms with Crippen LogP contribution in [0.5, 0.6) is 0 Å². The maximum Gasteiger partial charge on any atom is 0.270 e. The van der Waals surface area contributed by atoms with Crippen LogP contribution in [0.15, 0.2) is 27.9 Å². The molecule has 0 aliphatic heterocycles. The minimum absolute atomic E-state index is 0.157. The van der Waals surface area contributed by atoms with Gasteiger partial charge in [-0.15, -0.1) is 22.7 Å². The highest BCUT2D eigenvalue weighted by molar-refractivity contribution is 8.15. The van der Waals surface area contributed by atoms with E-state index in [-0.39, 0.29) is 4.21 Å². The molecule has 2 aromatic heterocycles. The standard InChI is InChI=1S/C7H4ClNO2S3/c8-14(10,11)6-2-1-5(13-6)7-9-3-4-12-7/h1-4H. The normalized spacial score (nSPS) is 11.8. The van der Waals surface area contributed by atoms with E-state index < -0.39 is 9.05 Å². The molecule has 0 fully saturated rings. The Morgan fingerprint density at radius 2 is 2.14 bits per heavy atom. The van der Waals surface area contributed by atoms with Gasteiger partial charge in [-0.3, -0.25) is 0 Å². The molecule has 74 valence electrons. The topological polar surface area (TPSA) is 47.0 Å². The molecule has 0 aliphatic rings. The van der Waals surface area contributed by atoms with E-state index in [1.165, 1.54) is 17.4 Å². The Labute approximate surface area is 93.4 Å². The van der Waals surface area contributed by atoms with Gasteiger partial charge in [-0.1, -0.05) is 0 Å². The average molecular weight is 266 g/mol. The highest BCUT2D eigenvalue weighted by atomic mass is 35.7. The number of hydrogen-bond acceptors (Lipinski definition) is 5. The molecule has 0 radical (unpaired) electrons. The number of aromatic nitrogens is 1. The summed E-state index contributed by atoms with van der Waals surface area (Å²) >= 11 is 2.59. The first-order valence-electron chi connectivity index (χ1n) is 3.52. The Hall–Kier alpha value is -0.430. The third-order valence-electron chi connectivity index (χ3n) is 1.46. The number of nitrogens with zero attached hydrogens (tertiary/aromatic N) is 1. The van der Waals surface area contributed by atoms with Crippen LogP contribution in [-0.2, 0) is 9.05 Å². The van der Waals surface area contributed by atoms with E-state index >= 15 is 0 Å². The van der Waals surface area contributed by atoms with E-state index in [0.717, 1.165) is 21.2 Å². The first-order valence-corrected chi connectivity index (χ1v) is 7.52. The number of thiazole rings is 1. The van der Waals surface area contributed by atoms with Crippen molar-refractivity contribution in [2.24, 2.45) is 0 Å². The van der Waals surface area contributed by atoms with Crippen molar-refractivity contribution in [2.75, 3.05) is 0 Å². The number of halogens is 1. The smallest absolute Gasteiger partial charge is 0.244 e. The van der Waals surface area contributed by atoms with Crippen molar-refractivity contribution in [3.63, 3.8) is 0 Å². The highest BCUT2D eigenvalue weighted by Gasteiger charge is 2.14. The van der Waals surface area contributed by atoms with Crippen molar-refractivity contribution in [3.05, 3.63) is 23.7 Å². The highest BCUT2D eigenvalue weighted by Crippen LogP contribution is 2.33. The minimum atomic E-state index is -3.61. The molecule has 0 unspecified atom stereocenters. The summed E-state index contributed by atoms with van der Waals surface area (Å²) in [6, 6.07) is 3.20. The predicted molar refractivity (Wildman–Crippen MR) is 58.5 cm³/mol. The molecule has 2 heterocycles. The van der Waals surface area contributed by atoms with Crippen molar-refractivity contribution in [3.8, 4) is 9.88 Å². The van der Waals surface area contributed by atoms with E-state index in [4.69, 9.17) is 10.7 Å². The van der Waals surface area contributed by atoms with Gasteiger partial charge in [0.25, 0.3) is 9.05 Å². The molecule has 2 rings (SSSR count). The van der Waals surface area contributed by atoms with E-state index in [1.54, 1.807) is 12.3 Å². The van der Waals surface area contributed by atoms with Crippen LogP contribution in [0.4, 0.5) is 0 Å². The van der Waals surface area contributed by atoms with Crippen molar-refractivity contribution in [1.29, 1.82) is 0 Å². The van der Waals surface area contributed by atoms with Crippen LogP contribution in [0.25, 0.3) is 9.88 Å². The first kappa shape index (κ1) is 10.1. The lowest BCUT2D eigenvalue weighted by molar-refractivity contribution is 0.611. The van der Waals surface area contributed by atoms with Gasteiger partial charge in [0.2, 0.25) is 0 Å². The monoisotopic (exact) mass is 265 g/mol. The van der Waals surface area contributed by atoms with E-state index in [9.17, 15) is 8.42 Å². The molecule has 3 nitrogen and oxygen atoms in total. The summed E-state index contributed by atoms with van der Waals surface area (Å²) in [5.74, 6) is 0. The Kier molecular flexibility index (Phi) is 2.61. The molecule has 0 N–H and O–H groups in total. The van der Waals surface area contributed by atoms with Crippen molar-refractivity contribution < 1.29 is 8.42 Å². The summed E-state index contributed by atoms with van der Waals surface area (Å²) in [7, 11) is 1.59. The van der Waals surface area contributed by atoms with Crippen LogP contribution >= 0.6 is 33.4 Å². The van der Waals surface area contributed by atoms with E-state index in [2.05, 4.69) is 4.98 Å². The van der Waals surface area contributed by atoms with Gasteiger partial charge in [0, 0.05) is 22.3 Å². The summed E-state index contributed by atoms with van der Waals surface area (Å²) in [6.07, 6.45) is 1.68. The minimum Gasteiger partial charge on any atom is -0.244 e. The Morgan fingerprint density at radius 1 is 1.36 bits per heavy atom. The maximum atomic E-state index is 11.0. The summed E-state index contributed by atoms with van der Waals surface area (Å²) in [6.45, 7) is 0. The lowest BCUT2D eigenvalue weighted by Gasteiger charge is -1.87. The fraction of sp³-hybridized carbons (Fsp3) is 0. The predicted octanol–water partition coefficient (Wildman–Crippen LogP) is 2.80. The number of hydrogen-bond donors (Lipinski definition) is 0. The van der Waals surface area contributed by atoms with Gasteiger partial charge in [0.1, 0.15) is 9.22 Å². The quantitative estimate of drug-likeness (QED) is 0.785. The van der Waals surface area contributed by atoms with Gasteiger partial charge in [-0.25, -0.2) is 13.4 Å². The van der Waals surface area contributed by atoms with Crippen molar-refractivity contribution in [1.82, 2.24) is 4.98 Å². The molecular weight excluding hydrogens is 262 g/mol. The third kappa shape index (κ3) is 1.98. The van der Waals surface area contributed by atoms with Crippen LogP contribution in [0.2, 0.25) is 0 Å². The second-order valence-corrected chi connectivity index (χ2v) is 7.16. The largest absolute Gasteiger partial charge is 0.270 e. The molecule has 0 saturated carbocycles. The van der Waals surface area contributed by atoms with Gasteiger partial charge in [-0.05, 0) is 12.1 Å². The van der Waals surface area contributed by atoms with Crippen molar-refractivity contribution in [2.45, 2.75) is 4.21 Å². The average Bonchev–Trinajstić information content (AvgIpc) is 2.73. The van der Waals surface area contributed by atoms with E-state index in [0.29, 0.717) is 0 Å². The summed E-state index contributed by atoms with van der Waals surface area (Å²) in [5.41, 5.74) is 0. The van der Waals surface area contributed by atoms with Crippen LogP contribution in [0.3, 0.4) is 0 Å². The third-order valence-corrected chi connectivity index (χ3v) is 5.59. The first-order chi connectivity index (χ1) is 6.57. The molecule has 0 aliphatic carbocycles. The zero-order valence-electron chi connectivity index (χ0n) is 6.68. The summed E-state index contributed by atoms with van der Waals surface area (Å²) in [5, 5.41) is 2.64. The van der Waals surface area contributed by atoms with Gasteiger partial charge in [0.15, 0.2) is 0 Å². The fourth-order valence-electron chi connectivity index (χ4n) is 0.911. The molecule has 14 heavy (non-hydrogen) atoms. The lowest BCUT2D eigenvalue weighted by Crippen LogP contribution is -1.83. The second-order valence-electron chi connectivity index (χ2n) is 2.39. The second kappa shape index (κ2) is 3.62. The Bertz CT molecular complexity index is 529.